The molecule has 3 nitrogen and oxygen atoms in total. The molecule has 0 saturated heterocycles. The van der Waals surface area contributed by atoms with Gasteiger partial charge in [-0.25, -0.2) is 9.97 Å². The summed E-state index contributed by atoms with van der Waals surface area (Å²) in [6, 6.07) is 35.9. The van der Waals surface area contributed by atoms with Gasteiger partial charge in [-0.3, -0.25) is 0 Å². The van der Waals surface area contributed by atoms with Gasteiger partial charge in [0.1, 0.15) is 11.5 Å². The SMILES string of the molecule is [2H]c1c([2H])c([2H])c(-c2cc(-c3ccccc3)nc(-c3ccc(-c4ccc5c(c4)-c4cccc6cccc(c46)O5)cc3)n2)c([2H])c1[2H]. The normalized spacial score (nSPS) is 13.3. The number of nitrogens with zero attached hydrogens (tertiary/aromatic N) is 2. The molecule has 0 unspecified atom stereocenters. The van der Waals surface area contributed by atoms with E-state index in [4.69, 9.17) is 21.6 Å². The van der Waals surface area contributed by atoms with E-state index in [2.05, 4.69) is 30.3 Å². The Morgan fingerprint density at radius 1 is 0.488 bits per heavy atom. The van der Waals surface area contributed by atoms with Crippen LogP contribution in [-0.4, -0.2) is 9.97 Å². The van der Waals surface area contributed by atoms with Crippen LogP contribution in [0.2, 0.25) is 0 Å². The number of fused-ring (bicyclic) bond motifs is 2. The van der Waals surface area contributed by atoms with Crippen molar-refractivity contribution >= 4 is 10.8 Å². The van der Waals surface area contributed by atoms with E-state index >= 15 is 0 Å². The summed E-state index contributed by atoms with van der Waals surface area (Å²) < 4.78 is 47.8. The lowest BCUT2D eigenvalue weighted by atomic mass is 9.92. The highest BCUT2D eigenvalue weighted by molar-refractivity contribution is 6.04. The molecule has 0 atom stereocenters. The Morgan fingerprint density at radius 2 is 1.20 bits per heavy atom. The lowest BCUT2D eigenvalue weighted by Crippen LogP contribution is -1.97. The zero-order valence-electron chi connectivity index (χ0n) is 26.8. The smallest absolute Gasteiger partial charge is 0.160 e. The molecule has 41 heavy (non-hydrogen) atoms. The first-order chi connectivity index (χ1) is 22.4. The van der Waals surface area contributed by atoms with Gasteiger partial charge in [0.2, 0.25) is 0 Å². The number of benzene rings is 6. The van der Waals surface area contributed by atoms with Gasteiger partial charge in [-0.15, -0.1) is 0 Å². The lowest BCUT2D eigenvalue weighted by molar-refractivity contribution is 0.487. The maximum Gasteiger partial charge on any atom is 0.160 e. The van der Waals surface area contributed by atoms with Crippen molar-refractivity contribution in [3.05, 3.63) is 145 Å². The number of ether oxygens (including phenoxy) is 1. The molecule has 1 aliphatic heterocycles. The van der Waals surface area contributed by atoms with Crippen LogP contribution in [0.1, 0.15) is 6.85 Å². The van der Waals surface area contributed by atoms with E-state index in [9.17, 15) is 0 Å². The third-order valence-electron chi connectivity index (χ3n) is 7.38. The van der Waals surface area contributed by atoms with Crippen LogP contribution in [0.4, 0.5) is 0 Å². The van der Waals surface area contributed by atoms with Crippen molar-refractivity contribution in [2.24, 2.45) is 0 Å². The molecule has 0 fully saturated rings. The average Bonchev–Trinajstić information content (AvgIpc) is 3.10. The third-order valence-corrected chi connectivity index (χ3v) is 7.38. The van der Waals surface area contributed by atoms with Gasteiger partial charge in [-0.05, 0) is 46.3 Å². The minimum atomic E-state index is -0.443. The van der Waals surface area contributed by atoms with Crippen molar-refractivity contribution in [3.63, 3.8) is 0 Å². The maximum atomic E-state index is 8.55. The molecule has 0 aliphatic carbocycles. The fourth-order valence-corrected chi connectivity index (χ4v) is 5.39. The average molecular weight is 530 g/mol. The van der Waals surface area contributed by atoms with Crippen LogP contribution in [0.25, 0.3) is 66.9 Å². The minimum absolute atomic E-state index is 0.0383. The number of hydrogen-bond donors (Lipinski definition) is 0. The Bertz CT molecular complexity index is 2310. The van der Waals surface area contributed by atoms with Crippen LogP contribution in [0.3, 0.4) is 0 Å². The summed E-state index contributed by atoms with van der Waals surface area (Å²) >= 11 is 0. The molecule has 7 aromatic rings. The van der Waals surface area contributed by atoms with Crippen molar-refractivity contribution in [1.82, 2.24) is 9.97 Å². The Hall–Kier alpha value is -5.54. The molecule has 2 heterocycles. The summed E-state index contributed by atoms with van der Waals surface area (Å²) in [5.41, 5.74) is 6.64. The van der Waals surface area contributed by atoms with E-state index < -0.39 is 18.1 Å². The van der Waals surface area contributed by atoms with E-state index in [1.54, 1.807) is 6.07 Å². The summed E-state index contributed by atoms with van der Waals surface area (Å²) in [5.74, 6) is 2.06. The van der Waals surface area contributed by atoms with Crippen molar-refractivity contribution in [3.8, 4) is 67.7 Å². The molecular formula is C38H24N2O. The Morgan fingerprint density at radius 3 is 2.00 bits per heavy atom. The summed E-state index contributed by atoms with van der Waals surface area (Å²) in [7, 11) is 0. The first kappa shape index (κ1) is 18.7. The van der Waals surface area contributed by atoms with Crippen LogP contribution in [0.5, 0.6) is 11.5 Å². The van der Waals surface area contributed by atoms with Crippen molar-refractivity contribution in [2.45, 2.75) is 0 Å². The lowest BCUT2D eigenvalue weighted by Gasteiger charge is -2.22. The molecule has 0 radical (unpaired) electrons. The van der Waals surface area contributed by atoms with Crippen molar-refractivity contribution in [2.75, 3.05) is 0 Å². The first-order valence-electron chi connectivity index (χ1n) is 15.8. The number of aromatic nitrogens is 2. The second kappa shape index (κ2) is 9.58. The standard InChI is InChI=1S/C38H24N2O/c1-3-9-26(10-4-1)33-24-34(27-11-5-2-6-12-27)40-38(39-33)29-19-17-25(18-20-29)30-21-22-35-32(23-30)31-15-7-13-28-14-8-16-36(41-35)37(28)31/h1-24H/i1D,3D,4D,9D,10D. The van der Waals surface area contributed by atoms with Gasteiger partial charge in [-0.2, -0.15) is 0 Å². The molecular weight excluding hydrogens is 500 g/mol. The van der Waals surface area contributed by atoms with Crippen LogP contribution in [0.15, 0.2) is 145 Å². The Kier molecular flexibility index (Phi) is 4.37. The molecule has 0 spiro atoms. The first-order valence-corrected chi connectivity index (χ1v) is 13.3. The largest absolute Gasteiger partial charge is 0.456 e. The van der Waals surface area contributed by atoms with E-state index in [1.165, 1.54) is 0 Å². The molecule has 8 rings (SSSR count). The second-order valence-electron chi connectivity index (χ2n) is 9.88. The van der Waals surface area contributed by atoms with Gasteiger partial charge in [0.25, 0.3) is 0 Å². The summed E-state index contributed by atoms with van der Waals surface area (Å²) in [4.78, 5) is 9.58. The van der Waals surface area contributed by atoms with Crippen molar-refractivity contribution < 1.29 is 11.6 Å². The highest BCUT2D eigenvalue weighted by Crippen LogP contribution is 2.47. The Labute approximate surface area is 245 Å². The topological polar surface area (TPSA) is 35.0 Å². The predicted octanol–water partition coefficient (Wildman–Crippen LogP) is 10.1. The molecule has 1 aliphatic rings. The molecule has 0 saturated carbocycles. The molecule has 3 heteroatoms. The van der Waals surface area contributed by atoms with E-state index in [0.717, 1.165) is 55.7 Å². The van der Waals surface area contributed by atoms with Crippen LogP contribution in [-0.2, 0) is 0 Å². The number of rotatable bonds is 4. The molecule has 192 valence electrons. The van der Waals surface area contributed by atoms with Gasteiger partial charge in [0.15, 0.2) is 5.82 Å². The van der Waals surface area contributed by atoms with E-state index in [1.807, 2.05) is 78.9 Å². The maximum absolute atomic E-state index is 8.55. The van der Waals surface area contributed by atoms with Gasteiger partial charge < -0.3 is 4.74 Å². The minimum Gasteiger partial charge on any atom is -0.456 e. The third kappa shape index (κ3) is 4.16. The zero-order chi connectivity index (χ0) is 31.5. The second-order valence-corrected chi connectivity index (χ2v) is 9.88. The van der Waals surface area contributed by atoms with Crippen LogP contribution >= 0.6 is 0 Å². The molecule has 0 N–H and O–H groups in total. The van der Waals surface area contributed by atoms with Gasteiger partial charge >= 0.3 is 0 Å². The number of hydrogen-bond acceptors (Lipinski definition) is 3. The quantitative estimate of drug-likeness (QED) is 0.227. The summed E-state index contributed by atoms with van der Waals surface area (Å²) in [5, 5.41) is 2.24. The summed E-state index contributed by atoms with van der Waals surface area (Å²) in [6.45, 7) is 0. The van der Waals surface area contributed by atoms with Crippen LogP contribution in [0, 0.1) is 0 Å². The predicted molar refractivity (Wildman–Crippen MR) is 167 cm³/mol. The fraction of sp³-hybridized carbons (Fsp3) is 0. The van der Waals surface area contributed by atoms with Gasteiger partial charge in [-0.1, -0.05) is 121 Å². The van der Waals surface area contributed by atoms with Crippen molar-refractivity contribution in [1.29, 1.82) is 0 Å². The van der Waals surface area contributed by atoms with E-state index in [-0.39, 0.29) is 23.3 Å². The highest BCUT2D eigenvalue weighted by Gasteiger charge is 2.20. The van der Waals surface area contributed by atoms with Gasteiger partial charge in [0.05, 0.1) is 18.2 Å². The summed E-state index contributed by atoms with van der Waals surface area (Å²) in [6.07, 6.45) is 0. The Balaban J connectivity index is 1.22. The molecule has 0 bridgehead atoms. The monoisotopic (exact) mass is 529 g/mol. The highest BCUT2D eigenvalue weighted by atomic mass is 16.5. The molecule has 1 aromatic heterocycles. The van der Waals surface area contributed by atoms with E-state index in [0.29, 0.717) is 11.5 Å². The molecule has 0 amide bonds. The van der Waals surface area contributed by atoms with Crippen LogP contribution < -0.4 is 4.74 Å². The van der Waals surface area contributed by atoms with Gasteiger partial charge in [0, 0.05) is 27.6 Å². The molecule has 6 aromatic carbocycles. The fourth-order valence-electron chi connectivity index (χ4n) is 5.39. The zero-order valence-corrected chi connectivity index (χ0v) is 21.8.